The van der Waals surface area contributed by atoms with E-state index < -0.39 is 5.97 Å². The minimum absolute atomic E-state index is 0.315. The van der Waals surface area contributed by atoms with Crippen LogP contribution >= 0.6 is 0 Å². The minimum atomic E-state index is -0.633. The fraction of sp³-hybridized carbons (Fsp3) is 0.933. The zero-order valence-corrected chi connectivity index (χ0v) is 11.6. The van der Waals surface area contributed by atoms with Crippen molar-refractivity contribution >= 4 is 5.97 Å². The van der Waals surface area contributed by atoms with Crippen molar-refractivity contribution in [2.24, 2.45) is 5.92 Å². The van der Waals surface area contributed by atoms with Gasteiger partial charge >= 0.3 is 5.97 Å². The molecule has 2 rings (SSSR count). The van der Waals surface area contributed by atoms with Gasteiger partial charge in [0.2, 0.25) is 0 Å². The van der Waals surface area contributed by atoms with E-state index in [0.29, 0.717) is 18.5 Å². The molecule has 3 nitrogen and oxygen atoms in total. The molecular formula is C15H27NO2. The predicted molar refractivity (Wildman–Crippen MR) is 72.6 cm³/mol. The summed E-state index contributed by atoms with van der Waals surface area (Å²) in [4.78, 5) is 13.4. The molecule has 1 heterocycles. The van der Waals surface area contributed by atoms with Crippen LogP contribution in [0, 0.1) is 5.92 Å². The standard InChI is InChI=1S/C15H27NO2/c1-2-4-12-6-8-13(9-7-12)16-10-3-5-14(16)11-15(17)18/h12-14H,2-11H2,1H3,(H,17,18). The molecule has 1 aliphatic heterocycles. The van der Waals surface area contributed by atoms with Crippen LogP contribution in [0.4, 0.5) is 0 Å². The van der Waals surface area contributed by atoms with Crippen LogP contribution in [0.5, 0.6) is 0 Å². The average Bonchev–Trinajstić information content (AvgIpc) is 2.78. The minimum Gasteiger partial charge on any atom is -0.481 e. The first-order chi connectivity index (χ1) is 8.70. The van der Waals surface area contributed by atoms with Crippen molar-refractivity contribution in [3.63, 3.8) is 0 Å². The van der Waals surface area contributed by atoms with Gasteiger partial charge in [0.05, 0.1) is 6.42 Å². The maximum atomic E-state index is 10.9. The maximum absolute atomic E-state index is 10.9. The van der Waals surface area contributed by atoms with Crippen molar-refractivity contribution in [2.45, 2.75) is 76.8 Å². The first-order valence-corrected chi connectivity index (χ1v) is 7.68. The van der Waals surface area contributed by atoms with Crippen LogP contribution < -0.4 is 0 Å². The van der Waals surface area contributed by atoms with E-state index in [1.807, 2.05) is 0 Å². The van der Waals surface area contributed by atoms with E-state index >= 15 is 0 Å². The molecular weight excluding hydrogens is 226 g/mol. The smallest absolute Gasteiger partial charge is 0.304 e. The lowest BCUT2D eigenvalue weighted by atomic mass is 9.82. The fourth-order valence-corrected chi connectivity index (χ4v) is 3.93. The lowest BCUT2D eigenvalue weighted by Gasteiger charge is -2.37. The molecule has 3 heteroatoms. The summed E-state index contributed by atoms with van der Waals surface area (Å²) < 4.78 is 0. The van der Waals surface area contributed by atoms with Crippen LogP contribution in [-0.2, 0) is 4.79 Å². The van der Waals surface area contributed by atoms with Crippen molar-refractivity contribution in [3.8, 4) is 0 Å². The summed E-state index contributed by atoms with van der Waals surface area (Å²) in [6.07, 6.45) is 10.6. The quantitative estimate of drug-likeness (QED) is 0.817. The van der Waals surface area contributed by atoms with Gasteiger partial charge in [-0.1, -0.05) is 19.8 Å². The largest absolute Gasteiger partial charge is 0.481 e. The van der Waals surface area contributed by atoms with Crippen LogP contribution in [-0.4, -0.2) is 34.6 Å². The number of carboxylic acids is 1. The van der Waals surface area contributed by atoms with Crippen LogP contribution in [0.25, 0.3) is 0 Å². The van der Waals surface area contributed by atoms with Gasteiger partial charge in [0.25, 0.3) is 0 Å². The molecule has 1 saturated heterocycles. The summed E-state index contributed by atoms with van der Waals surface area (Å²) in [5.41, 5.74) is 0. The Balaban J connectivity index is 1.82. The first-order valence-electron chi connectivity index (χ1n) is 7.68. The number of likely N-dealkylation sites (tertiary alicyclic amines) is 1. The number of rotatable bonds is 5. The molecule has 2 fully saturated rings. The van der Waals surface area contributed by atoms with Crippen LogP contribution in [0.2, 0.25) is 0 Å². The van der Waals surface area contributed by atoms with Crippen LogP contribution in [0.3, 0.4) is 0 Å². The highest BCUT2D eigenvalue weighted by Gasteiger charge is 2.33. The average molecular weight is 253 g/mol. The van der Waals surface area contributed by atoms with Crippen molar-refractivity contribution < 1.29 is 9.90 Å². The highest BCUT2D eigenvalue weighted by Crippen LogP contribution is 2.34. The number of carbonyl (C=O) groups is 1. The van der Waals surface area contributed by atoms with E-state index in [0.717, 1.165) is 18.9 Å². The van der Waals surface area contributed by atoms with Gasteiger partial charge in [0.15, 0.2) is 0 Å². The second kappa shape index (κ2) is 6.55. The van der Waals surface area contributed by atoms with Gasteiger partial charge in [0, 0.05) is 12.1 Å². The molecule has 0 spiro atoms. The maximum Gasteiger partial charge on any atom is 0.304 e. The lowest BCUT2D eigenvalue weighted by Crippen LogP contribution is -2.42. The Labute approximate surface area is 111 Å². The third-order valence-electron chi connectivity index (χ3n) is 4.82. The second-order valence-electron chi connectivity index (χ2n) is 6.09. The number of hydrogen-bond acceptors (Lipinski definition) is 2. The second-order valence-corrected chi connectivity index (χ2v) is 6.09. The molecule has 0 aromatic rings. The third-order valence-corrected chi connectivity index (χ3v) is 4.82. The summed E-state index contributed by atoms with van der Waals surface area (Å²) >= 11 is 0. The fourth-order valence-electron chi connectivity index (χ4n) is 3.93. The Morgan fingerprint density at radius 3 is 2.56 bits per heavy atom. The number of nitrogens with zero attached hydrogens (tertiary/aromatic N) is 1. The van der Waals surface area contributed by atoms with Gasteiger partial charge in [-0.2, -0.15) is 0 Å². The molecule has 0 aromatic heterocycles. The van der Waals surface area contributed by atoms with E-state index in [1.54, 1.807) is 0 Å². The zero-order valence-electron chi connectivity index (χ0n) is 11.6. The summed E-state index contributed by atoms with van der Waals surface area (Å²) in [5, 5.41) is 8.98. The summed E-state index contributed by atoms with van der Waals surface area (Å²) in [5.74, 6) is 0.304. The van der Waals surface area contributed by atoms with Gasteiger partial charge in [-0.15, -0.1) is 0 Å². The molecule has 104 valence electrons. The molecule has 0 amide bonds. The summed E-state index contributed by atoms with van der Waals surface area (Å²) in [7, 11) is 0. The lowest BCUT2D eigenvalue weighted by molar-refractivity contribution is -0.138. The van der Waals surface area contributed by atoms with Gasteiger partial charge in [0.1, 0.15) is 0 Å². The Kier molecular flexibility index (Phi) is 5.04. The third kappa shape index (κ3) is 3.47. The van der Waals surface area contributed by atoms with Crippen molar-refractivity contribution in [3.05, 3.63) is 0 Å². The van der Waals surface area contributed by atoms with E-state index in [4.69, 9.17) is 5.11 Å². The highest BCUT2D eigenvalue weighted by molar-refractivity contribution is 5.67. The summed E-state index contributed by atoms with van der Waals surface area (Å²) in [6, 6.07) is 0.986. The Morgan fingerprint density at radius 1 is 1.22 bits per heavy atom. The van der Waals surface area contributed by atoms with Gasteiger partial charge in [-0.25, -0.2) is 0 Å². The van der Waals surface area contributed by atoms with E-state index in [2.05, 4.69) is 11.8 Å². The van der Waals surface area contributed by atoms with E-state index in [9.17, 15) is 4.79 Å². The van der Waals surface area contributed by atoms with Crippen LogP contribution in [0.15, 0.2) is 0 Å². The molecule has 1 unspecified atom stereocenters. The first kappa shape index (κ1) is 13.9. The molecule has 1 aliphatic carbocycles. The Hall–Kier alpha value is -0.570. The van der Waals surface area contributed by atoms with Crippen molar-refractivity contribution in [1.29, 1.82) is 0 Å². The molecule has 1 N–H and O–H groups in total. The predicted octanol–water partition coefficient (Wildman–Crippen LogP) is 3.28. The number of hydrogen-bond donors (Lipinski definition) is 1. The van der Waals surface area contributed by atoms with E-state index in [-0.39, 0.29) is 0 Å². The molecule has 2 aliphatic rings. The summed E-state index contributed by atoms with van der Waals surface area (Å²) in [6.45, 7) is 3.40. The molecule has 0 radical (unpaired) electrons. The highest BCUT2D eigenvalue weighted by atomic mass is 16.4. The molecule has 0 bridgehead atoms. The SMILES string of the molecule is CCCC1CCC(N2CCCC2CC(=O)O)CC1. The number of aliphatic carboxylic acids is 1. The van der Waals surface area contributed by atoms with Gasteiger partial charge in [-0.05, 0) is 51.0 Å². The van der Waals surface area contributed by atoms with Crippen LogP contribution in [0.1, 0.15) is 64.7 Å². The van der Waals surface area contributed by atoms with Crippen molar-refractivity contribution in [2.75, 3.05) is 6.54 Å². The van der Waals surface area contributed by atoms with Crippen molar-refractivity contribution in [1.82, 2.24) is 4.90 Å². The normalized spacial score (nSPS) is 33.7. The monoisotopic (exact) mass is 253 g/mol. The molecule has 18 heavy (non-hydrogen) atoms. The number of carboxylic acid groups (broad SMARTS) is 1. The molecule has 0 aromatic carbocycles. The van der Waals surface area contributed by atoms with Gasteiger partial charge in [-0.3, -0.25) is 9.69 Å². The topological polar surface area (TPSA) is 40.5 Å². The molecule has 1 atom stereocenters. The Bertz CT molecular complexity index is 272. The zero-order chi connectivity index (χ0) is 13.0. The van der Waals surface area contributed by atoms with E-state index in [1.165, 1.54) is 44.9 Å². The van der Waals surface area contributed by atoms with Gasteiger partial charge < -0.3 is 5.11 Å². The Morgan fingerprint density at radius 2 is 1.94 bits per heavy atom. The molecule has 1 saturated carbocycles.